The maximum atomic E-state index is 5.87. The molecule has 3 N–H and O–H groups in total. The molecule has 0 aromatic carbocycles. The third kappa shape index (κ3) is 4.27. The first-order valence-electron chi connectivity index (χ1n) is 7.50. The lowest BCUT2D eigenvalue weighted by atomic mass is 9.98. The van der Waals surface area contributed by atoms with Gasteiger partial charge in [-0.25, -0.2) is 0 Å². The zero-order valence-corrected chi connectivity index (χ0v) is 12.6. The van der Waals surface area contributed by atoms with Gasteiger partial charge in [-0.3, -0.25) is 0 Å². The van der Waals surface area contributed by atoms with Crippen LogP contribution in [-0.4, -0.2) is 43.2 Å². The van der Waals surface area contributed by atoms with Crippen molar-refractivity contribution in [3.8, 4) is 5.88 Å². The summed E-state index contributed by atoms with van der Waals surface area (Å²) in [5.41, 5.74) is 6.46. The normalized spacial score (nSPS) is 19.8. The number of pyridine rings is 1. The molecule has 20 heavy (non-hydrogen) atoms. The number of likely N-dealkylation sites (tertiary alicyclic amines) is 1. The highest BCUT2D eigenvalue weighted by Crippen LogP contribution is 2.22. The van der Waals surface area contributed by atoms with Crippen molar-refractivity contribution in [2.75, 3.05) is 44.3 Å². The molecule has 2 rings (SSSR count). The molecule has 1 aliphatic heterocycles. The van der Waals surface area contributed by atoms with Crippen molar-refractivity contribution in [2.24, 2.45) is 5.92 Å². The van der Waals surface area contributed by atoms with Crippen molar-refractivity contribution in [2.45, 2.75) is 26.2 Å². The van der Waals surface area contributed by atoms with E-state index in [9.17, 15) is 0 Å². The molecule has 1 aliphatic rings. The fourth-order valence-corrected chi connectivity index (χ4v) is 2.55. The summed E-state index contributed by atoms with van der Waals surface area (Å²) in [5, 5.41) is 3.41. The second-order valence-corrected chi connectivity index (χ2v) is 5.59. The minimum absolute atomic E-state index is 0.539. The second kappa shape index (κ2) is 7.33. The fourth-order valence-electron chi connectivity index (χ4n) is 2.55. The molecule has 0 aliphatic carbocycles. The number of nitrogens with zero attached hydrogens (tertiary/aromatic N) is 2. The topological polar surface area (TPSA) is 63.4 Å². The predicted molar refractivity (Wildman–Crippen MR) is 83.1 cm³/mol. The van der Waals surface area contributed by atoms with E-state index in [1.54, 1.807) is 0 Å². The van der Waals surface area contributed by atoms with Crippen LogP contribution in [-0.2, 0) is 0 Å². The summed E-state index contributed by atoms with van der Waals surface area (Å²) in [6.45, 7) is 6.03. The second-order valence-electron chi connectivity index (χ2n) is 5.59. The zero-order chi connectivity index (χ0) is 14.4. The van der Waals surface area contributed by atoms with Crippen molar-refractivity contribution in [3.63, 3.8) is 0 Å². The Bertz CT molecular complexity index is 424. The van der Waals surface area contributed by atoms with Gasteiger partial charge in [-0.15, -0.1) is 0 Å². The van der Waals surface area contributed by atoms with Crippen LogP contribution in [0.2, 0.25) is 0 Å². The summed E-state index contributed by atoms with van der Waals surface area (Å²) in [4.78, 5) is 6.83. The van der Waals surface area contributed by atoms with Crippen LogP contribution in [0.25, 0.3) is 0 Å². The fraction of sp³-hybridized carbons (Fsp3) is 0.667. The summed E-state index contributed by atoms with van der Waals surface area (Å²) >= 11 is 0. The van der Waals surface area contributed by atoms with Crippen molar-refractivity contribution >= 4 is 11.5 Å². The van der Waals surface area contributed by atoms with Gasteiger partial charge in [-0.05, 0) is 50.9 Å². The van der Waals surface area contributed by atoms with Gasteiger partial charge in [0.1, 0.15) is 5.82 Å². The molecule has 1 fully saturated rings. The van der Waals surface area contributed by atoms with Gasteiger partial charge in [0.25, 0.3) is 0 Å². The van der Waals surface area contributed by atoms with E-state index < -0.39 is 0 Å². The Kier molecular flexibility index (Phi) is 5.47. The first kappa shape index (κ1) is 14.9. The van der Waals surface area contributed by atoms with Crippen LogP contribution in [0.5, 0.6) is 5.88 Å². The smallest absolute Gasteiger partial charge is 0.239 e. The van der Waals surface area contributed by atoms with E-state index >= 15 is 0 Å². The SMILES string of the molecule is CCCOc1nc(NCC2CCCN(C)C2)ccc1N. The van der Waals surface area contributed by atoms with Crippen LogP contribution in [0, 0.1) is 5.92 Å². The number of piperidine rings is 1. The molecule has 0 saturated carbocycles. The number of ether oxygens (including phenoxy) is 1. The third-order valence-corrected chi connectivity index (χ3v) is 3.63. The Morgan fingerprint density at radius 2 is 2.35 bits per heavy atom. The largest absolute Gasteiger partial charge is 0.476 e. The maximum Gasteiger partial charge on any atom is 0.239 e. The average molecular weight is 278 g/mol. The molecule has 0 radical (unpaired) electrons. The van der Waals surface area contributed by atoms with Gasteiger partial charge in [0.15, 0.2) is 0 Å². The van der Waals surface area contributed by atoms with Crippen LogP contribution in [0.3, 0.4) is 0 Å². The Morgan fingerprint density at radius 1 is 1.50 bits per heavy atom. The van der Waals surface area contributed by atoms with Gasteiger partial charge < -0.3 is 20.7 Å². The van der Waals surface area contributed by atoms with Crippen LogP contribution in [0.4, 0.5) is 11.5 Å². The van der Waals surface area contributed by atoms with Gasteiger partial charge in [-0.2, -0.15) is 4.98 Å². The predicted octanol–water partition coefficient (Wildman–Crippen LogP) is 2.21. The molecule has 5 heteroatoms. The van der Waals surface area contributed by atoms with Crippen LogP contribution in [0.15, 0.2) is 12.1 Å². The lowest BCUT2D eigenvalue weighted by molar-refractivity contribution is 0.217. The molecule has 5 nitrogen and oxygen atoms in total. The highest BCUT2D eigenvalue weighted by atomic mass is 16.5. The van der Waals surface area contributed by atoms with Crippen molar-refractivity contribution in [1.82, 2.24) is 9.88 Å². The molecular formula is C15H26N4O. The molecule has 1 aromatic heterocycles. The molecule has 1 atom stereocenters. The van der Waals surface area contributed by atoms with Gasteiger partial charge in [0.2, 0.25) is 5.88 Å². The van der Waals surface area contributed by atoms with Gasteiger partial charge in [0, 0.05) is 13.1 Å². The monoisotopic (exact) mass is 278 g/mol. The average Bonchev–Trinajstić information content (AvgIpc) is 2.45. The molecule has 1 saturated heterocycles. The van der Waals surface area contributed by atoms with E-state index in [1.807, 2.05) is 12.1 Å². The molecule has 0 amide bonds. The van der Waals surface area contributed by atoms with Crippen molar-refractivity contribution in [1.29, 1.82) is 0 Å². The quantitative estimate of drug-likeness (QED) is 0.835. The number of hydrogen-bond donors (Lipinski definition) is 2. The zero-order valence-electron chi connectivity index (χ0n) is 12.6. The van der Waals surface area contributed by atoms with Crippen LogP contribution < -0.4 is 15.8 Å². The molecule has 1 aromatic rings. The van der Waals surface area contributed by atoms with Gasteiger partial charge in [-0.1, -0.05) is 6.92 Å². The molecule has 0 bridgehead atoms. The third-order valence-electron chi connectivity index (χ3n) is 3.63. The molecule has 112 valence electrons. The highest BCUT2D eigenvalue weighted by molar-refractivity contribution is 5.53. The highest BCUT2D eigenvalue weighted by Gasteiger charge is 2.17. The Balaban J connectivity index is 1.88. The minimum atomic E-state index is 0.539. The number of rotatable bonds is 6. The lowest BCUT2D eigenvalue weighted by Gasteiger charge is -2.29. The summed E-state index contributed by atoms with van der Waals surface area (Å²) in [6.07, 6.45) is 3.52. The molecule has 2 heterocycles. The Morgan fingerprint density at radius 3 is 3.10 bits per heavy atom. The molecular weight excluding hydrogens is 252 g/mol. The molecule has 0 spiro atoms. The van der Waals surface area contributed by atoms with E-state index in [1.165, 1.54) is 19.4 Å². The maximum absolute atomic E-state index is 5.87. The summed E-state index contributed by atoms with van der Waals surface area (Å²) in [5.74, 6) is 2.07. The van der Waals surface area contributed by atoms with Gasteiger partial charge in [0.05, 0.1) is 12.3 Å². The van der Waals surface area contributed by atoms with Crippen LogP contribution in [0.1, 0.15) is 26.2 Å². The number of aromatic nitrogens is 1. The van der Waals surface area contributed by atoms with Crippen molar-refractivity contribution in [3.05, 3.63) is 12.1 Å². The first-order valence-corrected chi connectivity index (χ1v) is 7.50. The standard InChI is InChI=1S/C15H26N4O/c1-3-9-20-15-13(16)6-7-14(18-15)17-10-12-5-4-8-19(2)11-12/h6-7,12H,3-5,8-11,16H2,1-2H3,(H,17,18). The van der Waals surface area contributed by atoms with E-state index in [0.29, 0.717) is 24.1 Å². The summed E-state index contributed by atoms with van der Waals surface area (Å²) in [7, 11) is 2.18. The Hall–Kier alpha value is -1.49. The summed E-state index contributed by atoms with van der Waals surface area (Å²) in [6, 6.07) is 3.77. The lowest BCUT2D eigenvalue weighted by Crippen LogP contribution is -2.35. The van der Waals surface area contributed by atoms with E-state index in [2.05, 4.69) is 29.2 Å². The number of anilines is 2. The van der Waals surface area contributed by atoms with E-state index in [4.69, 9.17) is 10.5 Å². The van der Waals surface area contributed by atoms with E-state index in [-0.39, 0.29) is 0 Å². The van der Waals surface area contributed by atoms with Crippen molar-refractivity contribution < 1.29 is 4.74 Å². The number of hydrogen-bond acceptors (Lipinski definition) is 5. The first-order chi connectivity index (χ1) is 9.69. The van der Waals surface area contributed by atoms with E-state index in [0.717, 1.165) is 25.3 Å². The minimum Gasteiger partial charge on any atom is -0.476 e. The number of nitrogens with two attached hydrogens (primary N) is 1. The Labute approximate surface area is 121 Å². The number of nitrogen functional groups attached to an aromatic ring is 1. The molecule has 1 unspecified atom stereocenters. The summed E-state index contributed by atoms with van der Waals surface area (Å²) < 4.78 is 5.55. The van der Waals surface area contributed by atoms with Crippen LogP contribution >= 0.6 is 0 Å². The number of nitrogens with one attached hydrogen (secondary N) is 1. The van der Waals surface area contributed by atoms with Gasteiger partial charge >= 0.3 is 0 Å².